The van der Waals surface area contributed by atoms with E-state index >= 15 is 0 Å². The van der Waals surface area contributed by atoms with Crippen LogP contribution in [-0.4, -0.2) is 38.2 Å². The molecule has 6 heteroatoms. The van der Waals surface area contributed by atoms with E-state index in [4.69, 9.17) is 4.74 Å². The molecule has 0 aromatic heterocycles. The molecule has 1 aromatic carbocycles. The molecule has 0 saturated heterocycles. The van der Waals surface area contributed by atoms with Crippen LogP contribution in [0.15, 0.2) is 29.3 Å². The first-order chi connectivity index (χ1) is 10.5. The summed E-state index contributed by atoms with van der Waals surface area (Å²) in [6, 6.07) is 6.41. The van der Waals surface area contributed by atoms with Gasteiger partial charge >= 0.3 is 5.97 Å². The zero-order valence-electron chi connectivity index (χ0n) is 13.4. The molecule has 2 N–H and O–H groups in total. The second kappa shape index (κ2) is 9.76. The third-order valence-electron chi connectivity index (χ3n) is 2.83. The summed E-state index contributed by atoms with van der Waals surface area (Å²) in [7, 11) is 1.67. The van der Waals surface area contributed by atoms with Crippen molar-refractivity contribution in [2.45, 2.75) is 32.8 Å². The minimum atomic E-state index is -0.234. The smallest absolute Gasteiger partial charge is 0.307 e. The molecule has 122 valence electrons. The first kappa shape index (κ1) is 17.9. The van der Waals surface area contributed by atoms with Crippen molar-refractivity contribution in [3.63, 3.8) is 0 Å². The second-order valence-corrected chi connectivity index (χ2v) is 5.09. The van der Waals surface area contributed by atoms with Crippen LogP contribution in [-0.2, 0) is 16.0 Å². The Balaban J connectivity index is 2.22. The fraction of sp³-hybridized carbons (Fsp3) is 0.500. The van der Waals surface area contributed by atoms with Gasteiger partial charge in [0.1, 0.15) is 5.82 Å². The minimum Gasteiger partial charge on any atom is -0.463 e. The minimum absolute atomic E-state index is 0.0966. The van der Waals surface area contributed by atoms with Gasteiger partial charge in [-0.2, -0.15) is 0 Å². The van der Waals surface area contributed by atoms with Gasteiger partial charge < -0.3 is 15.4 Å². The predicted molar refractivity (Wildman–Crippen MR) is 85.3 cm³/mol. The van der Waals surface area contributed by atoms with E-state index in [2.05, 4.69) is 15.6 Å². The Labute approximate surface area is 131 Å². The highest BCUT2D eigenvalue weighted by atomic mass is 19.1. The zero-order chi connectivity index (χ0) is 16.4. The lowest BCUT2D eigenvalue weighted by atomic mass is 10.1. The van der Waals surface area contributed by atoms with Gasteiger partial charge in [0.05, 0.1) is 12.5 Å². The van der Waals surface area contributed by atoms with Gasteiger partial charge in [0, 0.05) is 20.1 Å². The quantitative estimate of drug-likeness (QED) is 0.458. The molecule has 0 aliphatic carbocycles. The van der Waals surface area contributed by atoms with Crippen LogP contribution in [0.2, 0.25) is 0 Å². The van der Waals surface area contributed by atoms with Crippen molar-refractivity contribution >= 4 is 11.9 Å². The predicted octanol–water partition coefficient (Wildman–Crippen LogP) is 1.87. The molecule has 0 atom stereocenters. The van der Waals surface area contributed by atoms with Crippen molar-refractivity contribution in [3.8, 4) is 0 Å². The molecule has 1 aromatic rings. The van der Waals surface area contributed by atoms with Crippen LogP contribution < -0.4 is 10.6 Å². The topological polar surface area (TPSA) is 62.7 Å². The number of esters is 1. The van der Waals surface area contributed by atoms with Crippen LogP contribution in [0.25, 0.3) is 0 Å². The van der Waals surface area contributed by atoms with Gasteiger partial charge in [-0.15, -0.1) is 0 Å². The number of nitrogens with one attached hydrogen (secondary N) is 2. The fourth-order valence-corrected chi connectivity index (χ4v) is 1.80. The number of halogens is 1. The summed E-state index contributed by atoms with van der Waals surface area (Å²) >= 11 is 0. The fourth-order valence-electron chi connectivity index (χ4n) is 1.80. The maximum atomic E-state index is 12.8. The van der Waals surface area contributed by atoms with Crippen molar-refractivity contribution < 1.29 is 13.9 Å². The molecule has 0 radical (unpaired) electrons. The SMILES string of the molecule is CN=C(NCCC(=O)OC(C)C)NCCc1ccc(F)cc1. The molecule has 0 aliphatic rings. The summed E-state index contributed by atoms with van der Waals surface area (Å²) in [5.41, 5.74) is 1.05. The highest BCUT2D eigenvalue weighted by Crippen LogP contribution is 2.02. The van der Waals surface area contributed by atoms with E-state index in [1.165, 1.54) is 12.1 Å². The molecule has 0 aliphatic heterocycles. The number of rotatable bonds is 7. The van der Waals surface area contributed by atoms with E-state index < -0.39 is 0 Å². The Kier molecular flexibility index (Phi) is 7.96. The third kappa shape index (κ3) is 7.61. The summed E-state index contributed by atoms with van der Waals surface area (Å²) < 4.78 is 17.8. The lowest BCUT2D eigenvalue weighted by Gasteiger charge is -2.12. The summed E-state index contributed by atoms with van der Waals surface area (Å²) in [6.07, 6.45) is 0.952. The number of carbonyl (C=O) groups excluding carboxylic acids is 1. The molecule has 5 nitrogen and oxygen atoms in total. The van der Waals surface area contributed by atoms with Crippen LogP contribution in [0.4, 0.5) is 4.39 Å². The maximum absolute atomic E-state index is 12.8. The number of nitrogens with zero attached hydrogens (tertiary/aromatic N) is 1. The van der Waals surface area contributed by atoms with E-state index in [1.807, 2.05) is 13.8 Å². The molecular weight excluding hydrogens is 285 g/mol. The molecule has 0 unspecified atom stereocenters. The number of guanidine groups is 1. The lowest BCUT2D eigenvalue weighted by Crippen LogP contribution is -2.39. The van der Waals surface area contributed by atoms with Gasteiger partial charge in [0.2, 0.25) is 0 Å². The normalized spacial score (nSPS) is 11.4. The van der Waals surface area contributed by atoms with Gasteiger partial charge in [0.15, 0.2) is 5.96 Å². The van der Waals surface area contributed by atoms with Gasteiger partial charge in [0.25, 0.3) is 0 Å². The Morgan fingerprint density at radius 2 is 1.86 bits per heavy atom. The molecule has 0 spiro atoms. The van der Waals surface area contributed by atoms with Crippen LogP contribution in [0.1, 0.15) is 25.8 Å². The van der Waals surface area contributed by atoms with Gasteiger partial charge in [-0.05, 0) is 38.0 Å². The van der Waals surface area contributed by atoms with Crippen LogP contribution in [0.5, 0.6) is 0 Å². The average molecular weight is 309 g/mol. The van der Waals surface area contributed by atoms with Crippen molar-refractivity contribution in [1.29, 1.82) is 0 Å². The van der Waals surface area contributed by atoms with Crippen LogP contribution in [0.3, 0.4) is 0 Å². The highest BCUT2D eigenvalue weighted by molar-refractivity contribution is 5.80. The zero-order valence-corrected chi connectivity index (χ0v) is 13.4. The van der Waals surface area contributed by atoms with E-state index in [-0.39, 0.29) is 24.3 Å². The lowest BCUT2D eigenvalue weighted by molar-refractivity contribution is -0.147. The summed E-state index contributed by atoms with van der Waals surface area (Å²) in [6.45, 7) is 4.77. The Morgan fingerprint density at radius 1 is 1.23 bits per heavy atom. The number of aliphatic imine (C=N–C) groups is 1. The molecule has 0 bridgehead atoms. The summed E-state index contributed by atoms with van der Waals surface area (Å²) in [5.74, 6) is 0.159. The Bertz CT molecular complexity index is 487. The molecule has 0 fully saturated rings. The number of hydrogen-bond acceptors (Lipinski definition) is 3. The Morgan fingerprint density at radius 3 is 2.45 bits per heavy atom. The molecule has 1 rings (SSSR count). The van der Waals surface area contributed by atoms with Crippen molar-refractivity contribution in [3.05, 3.63) is 35.6 Å². The van der Waals surface area contributed by atoms with E-state index in [0.29, 0.717) is 19.0 Å². The monoisotopic (exact) mass is 309 g/mol. The number of ether oxygens (including phenoxy) is 1. The van der Waals surface area contributed by atoms with Gasteiger partial charge in [-0.25, -0.2) is 4.39 Å². The average Bonchev–Trinajstić information content (AvgIpc) is 2.47. The molecular formula is C16H24FN3O2. The standard InChI is InChI=1S/C16H24FN3O2/c1-12(2)22-15(21)9-11-20-16(18-3)19-10-8-13-4-6-14(17)7-5-13/h4-7,12H,8-11H2,1-3H3,(H2,18,19,20). The van der Waals surface area contributed by atoms with Crippen molar-refractivity contribution in [1.82, 2.24) is 10.6 Å². The van der Waals surface area contributed by atoms with E-state index in [1.54, 1.807) is 19.2 Å². The van der Waals surface area contributed by atoms with Crippen molar-refractivity contribution in [2.24, 2.45) is 4.99 Å². The van der Waals surface area contributed by atoms with Crippen LogP contribution in [0, 0.1) is 5.82 Å². The molecule has 0 amide bonds. The van der Waals surface area contributed by atoms with E-state index in [9.17, 15) is 9.18 Å². The van der Waals surface area contributed by atoms with Gasteiger partial charge in [-0.1, -0.05) is 12.1 Å². The van der Waals surface area contributed by atoms with Crippen LogP contribution >= 0.6 is 0 Å². The number of hydrogen-bond donors (Lipinski definition) is 2. The number of carbonyl (C=O) groups is 1. The second-order valence-electron chi connectivity index (χ2n) is 5.09. The Hall–Kier alpha value is -2.11. The largest absolute Gasteiger partial charge is 0.463 e. The molecule has 22 heavy (non-hydrogen) atoms. The first-order valence-electron chi connectivity index (χ1n) is 7.39. The first-order valence-corrected chi connectivity index (χ1v) is 7.39. The molecule has 0 saturated carbocycles. The summed E-state index contributed by atoms with van der Waals surface area (Å²) in [5, 5.41) is 6.19. The molecule has 0 heterocycles. The van der Waals surface area contributed by atoms with E-state index in [0.717, 1.165) is 12.0 Å². The number of benzene rings is 1. The maximum Gasteiger partial charge on any atom is 0.307 e. The third-order valence-corrected chi connectivity index (χ3v) is 2.83. The van der Waals surface area contributed by atoms with Gasteiger partial charge in [-0.3, -0.25) is 9.79 Å². The van der Waals surface area contributed by atoms with Crippen molar-refractivity contribution in [2.75, 3.05) is 20.1 Å². The highest BCUT2D eigenvalue weighted by Gasteiger charge is 2.05. The summed E-state index contributed by atoms with van der Waals surface area (Å²) in [4.78, 5) is 15.5.